The van der Waals surface area contributed by atoms with Crippen molar-refractivity contribution in [2.75, 3.05) is 6.54 Å². The summed E-state index contributed by atoms with van der Waals surface area (Å²) in [4.78, 5) is 15.8. The third kappa shape index (κ3) is 3.48. The normalized spacial score (nSPS) is 20.4. The summed E-state index contributed by atoms with van der Waals surface area (Å²) in [6.45, 7) is 4.58. The number of carbonyl (C=O) groups is 1. The van der Waals surface area contributed by atoms with Crippen LogP contribution in [0.5, 0.6) is 5.75 Å². The van der Waals surface area contributed by atoms with E-state index in [4.69, 9.17) is 0 Å². The van der Waals surface area contributed by atoms with Gasteiger partial charge in [0.15, 0.2) is 5.69 Å². The second-order valence-electron chi connectivity index (χ2n) is 6.44. The molecule has 1 aromatic heterocycles. The van der Waals surface area contributed by atoms with Crippen LogP contribution in [-0.4, -0.2) is 33.3 Å². The van der Waals surface area contributed by atoms with Crippen molar-refractivity contribution in [3.05, 3.63) is 24.0 Å². The third-order valence-electron chi connectivity index (χ3n) is 4.11. The SMILES string of the molecule is CC1(C)CCC(O)(CNC(=O)c2ncccc2O)CC1. The Morgan fingerprint density at radius 2 is 2.00 bits per heavy atom. The zero-order valence-corrected chi connectivity index (χ0v) is 12.0. The predicted molar refractivity (Wildman–Crippen MR) is 75.4 cm³/mol. The minimum absolute atomic E-state index is 0.00719. The van der Waals surface area contributed by atoms with Gasteiger partial charge in [-0.05, 0) is 43.2 Å². The molecule has 110 valence electrons. The van der Waals surface area contributed by atoms with Crippen LogP contribution < -0.4 is 5.32 Å². The van der Waals surface area contributed by atoms with Crippen molar-refractivity contribution < 1.29 is 15.0 Å². The van der Waals surface area contributed by atoms with Gasteiger partial charge in [0.1, 0.15) is 5.75 Å². The standard InChI is InChI=1S/C15H22N2O3/c1-14(2)5-7-15(20,8-6-14)10-17-13(19)12-11(18)4-3-9-16-12/h3-4,9,18,20H,5-8,10H2,1-2H3,(H,17,19). The Labute approximate surface area is 119 Å². The lowest BCUT2D eigenvalue weighted by molar-refractivity contribution is -0.0233. The Morgan fingerprint density at radius 3 is 2.60 bits per heavy atom. The third-order valence-corrected chi connectivity index (χ3v) is 4.11. The highest BCUT2D eigenvalue weighted by Gasteiger charge is 2.36. The van der Waals surface area contributed by atoms with E-state index in [1.165, 1.54) is 12.3 Å². The molecule has 1 aromatic rings. The Balaban J connectivity index is 1.92. The number of hydrogen-bond donors (Lipinski definition) is 3. The molecule has 2 rings (SSSR count). The van der Waals surface area contributed by atoms with Gasteiger partial charge in [-0.2, -0.15) is 0 Å². The summed E-state index contributed by atoms with van der Waals surface area (Å²) < 4.78 is 0. The number of nitrogens with zero attached hydrogens (tertiary/aromatic N) is 1. The van der Waals surface area contributed by atoms with Crippen molar-refractivity contribution in [3.8, 4) is 5.75 Å². The maximum atomic E-state index is 11.9. The summed E-state index contributed by atoms with van der Waals surface area (Å²) in [5.74, 6) is -0.608. The van der Waals surface area contributed by atoms with E-state index in [-0.39, 0.29) is 23.4 Å². The Bertz CT molecular complexity index is 490. The number of aliphatic hydroxyl groups is 1. The first kappa shape index (κ1) is 14.8. The molecule has 0 radical (unpaired) electrons. The van der Waals surface area contributed by atoms with Gasteiger partial charge in [0, 0.05) is 12.7 Å². The van der Waals surface area contributed by atoms with E-state index in [1.807, 2.05) is 0 Å². The molecule has 3 N–H and O–H groups in total. The van der Waals surface area contributed by atoms with Crippen molar-refractivity contribution in [1.29, 1.82) is 0 Å². The quantitative estimate of drug-likeness (QED) is 0.788. The van der Waals surface area contributed by atoms with Crippen molar-refractivity contribution in [3.63, 3.8) is 0 Å². The molecule has 0 bridgehead atoms. The molecule has 0 unspecified atom stereocenters. The van der Waals surface area contributed by atoms with Crippen LogP contribution in [-0.2, 0) is 0 Å². The van der Waals surface area contributed by atoms with E-state index < -0.39 is 11.5 Å². The van der Waals surface area contributed by atoms with Crippen LogP contribution in [0.3, 0.4) is 0 Å². The fraction of sp³-hybridized carbons (Fsp3) is 0.600. The molecule has 0 aromatic carbocycles. The number of carbonyl (C=O) groups excluding carboxylic acids is 1. The van der Waals surface area contributed by atoms with Gasteiger partial charge in [0.25, 0.3) is 5.91 Å². The molecule has 1 fully saturated rings. The zero-order chi connectivity index (χ0) is 14.8. The number of pyridine rings is 1. The Hall–Kier alpha value is -1.62. The van der Waals surface area contributed by atoms with E-state index >= 15 is 0 Å². The van der Waals surface area contributed by atoms with Gasteiger partial charge in [-0.3, -0.25) is 4.79 Å². The summed E-state index contributed by atoms with van der Waals surface area (Å²) in [7, 11) is 0. The second kappa shape index (κ2) is 5.40. The average molecular weight is 278 g/mol. The molecule has 0 aliphatic heterocycles. The number of amides is 1. The minimum atomic E-state index is -0.852. The van der Waals surface area contributed by atoms with Gasteiger partial charge in [0.05, 0.1) is 5.60 Å². The van der Waals surface area contributed by atoms with E-state index in [1.54, 1.807) is 6.07 Å². The molecule has 1 heterocycles. The topological polar surface area (TPSA) is 82.5 Å². The molecule has 1 aliphatic rings. The smallest absolute Gasteiger partial charge is 0.273 e. The first-order valence-corrected chi connectivity index (χ1v) is 6.96. The van der Waals surface area contributed by atoms with Gasteiger partial charge < -0.3 is 15.5 Å². The molecule has 5 nitrogen and oxygen atoms in total. The highest BCUT2D eigenvalue weighted by molar-refractivity contribution is 5.94. The van der Waals surface area contributed by atoms with Crippen molar-refractivity contribution in [1.82, 2.24) is 10.3 Å². The summed E-state index contributed by atoms with van der Waals surface area (Å²) in [6.07, 6.45) is 4.68. The summed E-state index contributed by atoms with van der Waals surface area (Å²) in [5.41, 5.74) is -0.599. The van der Waals surface area contributed by atoms with Crippen molar-refractivity contribution in [2.24, 2.45) is 5.41 Å². The lowest BCUT2D eigenvalue weighted by Gasteiger charge is -2.40. The molecule has 1 saturated carbocycles. The number of aromatic nitrogens is 1. The largest absolute Gasteiger partial charge is 0.505 e. The van der Waals surface area contributed by atoms with Crippen LogP contribution in [0.2, 0.25) is 0 Å². The molecule has 20 heavy (non-hydrogen) atoms. The van der Waals surface area contributed by atoms with Crippen molar-refractivity contribution >= 4 is 5.91 Å². The first-order valence-electron chi connectivity index (χ1n) is 6.96. The van der Waals surface area contributed by atoms with Crippen LogP contribution in [0.15, 0.2) is 18.3 Å². The molecular formula is C15H22N2O3. The van der Waals surface area contributed by atoms with Crippen LogP contribution in [0.1, 0.15) is 50.0 Å². The highest BCUT2D eigenvalue weighted by Crippen LogP contribution is 2.39. The van der Waals surface area contributed by atoms with Crippen LogP contribution >= 0.6 is 0 Å². The molecule has 1 amide bonds. The summed E-state index contributed by atoms with van der Waals surface area (Å²) in [6, 6.07) is 2.97. The molecule has 5 heteroatoms. The number of aromatic hydroxyl groups is 1. The van der Waals surface area contributed by atoms with Gasteiger partial charge in [-0.25, -0.2) is 4.98 Å². The van der Waals surface area contributed by atoms with Crippen LogP contribution in [0.4, 0.5) is 0 Å². The maximum Gasteiger partial charge on any atom is 0.273 e. The Morgan fingerprint density at radius 1 is 1.35 bits per heavy atom. The fourth-order valence-corrected chi connectivity index (χ4v) is 2.47. The Kier molecular flexibility index (Phi) is 3.99. The van der Waals surface area contributed by atoms with Gasteiger partial charge in [-0.15, -0.1) is 0 Å². The van der Waals surface area contributed by atoms with Gasteiger partial charge >= 0.3 is 0 Å². The van der Waals surface area contributed by atoms with Crippen LogP contribution in [0, 0.1) is 5.41 Å². The highest BCUT2D eigenvalue weighted by atomic mass is 16.3. The first-order chi connectivity index (χ1) is 9.31. The van der Waals surface area contributed by atoms with Gasteiger partial charge in [-0.1, -0.05) is 13.8 Å². The average Bonchev–Trinajstić information content (AvgIpc) is 2.41. The number of rotatable bonds is 3. The number of hydrogen-bond acceptors (Lipinski definition) is 4. The van der Waals surface area contributed by atoms with Gasteiger partial charge in [0.2, 0.25) is 0 Å². The van der Waals surface area contributed by atoms with E-state index in [9.17, 15) is 15.0 Å². The maximum absolute atomic E-state index is 11.9. The summed E-state index contributed by atoms with van der Waals surface area (Å²) in [5, 5.41) is 22.7. The second-order valence-corrected chi connectivity index (χ2v) is 6.44. The lowest BCUT2D eigenvalue weighted by atomic mass is 9.71. The molecule has 0 saturated heterocycles. The zero-order valence-electron chi connectivity index (χ0n) is 12.0. The summed E-state index contributed by atoms with van der Waals surface area (Å²) >= 11 is 0. The fourth-order valence-electron chi connectivity index (χ4n) is 2.47. The number of nitrogens with one attached hydrogen (secondary N) is 1. The van der Waals surface area contributed by atoms with E-state index in [0.717, 1.165) is 12.8 Å². The molecule has 1 aliphatic carbocycles. The minimum Gasteiger partial charge on any atom is -0.505 e. The van der Waals surface area contributed by atoms with Crippen molar-refractivity contribution in [2.45, 2.75) is 45.1 Å². The monoisotopic (exact) mass is 278 g/mol. The predicted octanol–water partition coefficient (Wildman–Crippen LogP) is 1.85. The molecule has 0 atom stereocenters. The van der Waals surface area contributed by atoms with E-state index in [0.29, 0.717) is 12.8 Å². The van der Waals surface area contributed by atoms with Crippen LogP contribution in [0.25, 0.3) is 0 Å². The lowest BCUT2D eigenvalue weighted by Crippen LogP contribution is -2.46. The molecular weight excluding hydrogens is 256 g/mol. The van der Waals surface area contributed by atoms with E-state index in [2.05, 4.69) is 24.1 Å². The molecule has 0 spiro atoms.